The van der Waals surface area contributed by atoms with Crippen molar-refractivity contribution in [2.45, 2.75) is 36.4 Å². The minimum absolute atomic E-state index is 0.0494. The van der Waals surface area contributed by atoms with Crippen LogP contribution in [0.2, 0.25) is 0 Å². The van der Waals surface area contributed by atoms with Crippen molar-refractivity contribution in [1.29, 1.82) is 0 Å². The van der Waals surface area contributed by atoms with Gasteiger partial charge in [-0.1, -0.05) is 27.7 Å². The van der Waals surface area contributed by atoms with Crippen molar-refractivity contribution in [3.05, 3.63) is 56.9 Å². The first-order valence-electron chi connectivity index (χ1n) is 9.08. The zero-order valence-corrected chi connectivity index (χ0v) is 17.8. The van der Waals surface area contributed by atoms with E-state index in [1.54, 1.807) is 30.0 Å². The second-order valence-corrected chi connectivity index (χ2v) is 8.42. The van der Waals surface area contributed by atoms with Gasteiger partial charge in [-0.2, -0.15) is 0 Å². The number of methoxy groups -OCH3 is 1. The summed E-state index contributed by atoms with van der Waals surface area (Å²) < 4.78 is 13.9. The van der Waals surface area contributed by atoms with Gasteiger partial charge >= 0.3 is 0 Å². The Bertz CT molecular complexity index is 1050. The largest absolute Gasteiger partial charge is 0.496 e. The lowest BCUT2D eigenvalue weighted by Gasteiger charge is -2.16. The quantitative estimate of drug-likeness (QED) is 0.407. The zero-order chi connectivity index (χ0) is 19.5. The van der Waals surface area contributed by atoms with Gasteiger partial charge in [0.1, 0.15) is 5.75 Å². The molecule has 1 aliphatic heterocycles. The molecular weight excluding hydrogens is 442 g/mol. The van der Waals surface area contributed by atoms with E-state index in [2.05, 4.69) is 25.9 Å². The number of pyridine rings is 1. The number of fused-ring (bicyclic) bond motifs is 1. The van der Waals surface area contributed by atoms with Crippen LogP contribution in [-0.2, 0) is 17.0 Å². The summed E-state index contributed by atoms with van der Waals surface area (Å²) in [6, 6.07) is 9.43. The molecule has 0 aliphatic carbocycles. The second-order valence-electron chi connectivity index (χ2n) is 6.56. The van der Waals surface area contributed by atoms with Gasteiger partial charge in [-0.3, -0.25) is 9.36 Å². The van der Waals surface area contributed by atoms with E-state index >= 15 is 0 Å². The SMILES string of the molecule is COc1ccc(Br)cc1CSc1nc2ncccc2c(=O)n1CC1CCCO1. The van der Waals surface area contributed by atoms with Crippen LogP contribution in [0.1, 0.15) is 18.4 Å². The number of hydrogen-bond donors (Lipinski definition) is 0. The Hall–Kier alpha value is -1.90. The van der Waals surface area contributed by atoms with Gasteiger partial charge in [-0.25, -0.2) is 9.97 Å². The van der Waals surface area contributed by atoms with Crippen molar-refractivity contribution < 1.29 is 9.47 Å². The molecule has 0 spiro atoms. The van der Waals surface area contributed by atoms with Gasteiger partial charge in [0.15, 0.2) is 10.8 Å². The highest BCUT2D eigenvalue weighted by molar-refractivity contribution is 9.10. The fourth-order valence-corrected chi connectivity index (χ4v) is 4.68. The Balaban J connectivity index is 1.70. The summed E-state index contributed by atoms with van der Waals surface area (Å²) in [6.45, 7) is 1.26. The lowest BCUT2D eigenvalue weighted by Crippen LogP contribution is -2.29. The maximum absolute atomic E-state index is 13.1. The Morgan fingerprint density at radius 2 is 2.29 bits per heavy atom. The minimum Gasteiger partial charge on any atom is -0.496 e. The molecule has 3 heterocycles. The van der Waals surface area contributed by atoms with E-state index < -0.39 is 0 Å². The first-order chi connectivity index (χ1) is 13.7. The third-order valence-electron chi connectivity index (χ3n) is 4.70. The van der Waals surface area contributed by atoms with Gasteiger partial charge in [-0.15, -0.1) is 0 Å². The third-order valence-corrected chi connectivity index (χ3v) is 6.22. The molecule has 4 rings (SSSR count). The molecule has 3 aromatic rings. The van der Waals surface area contributed by atoms with Crippen LogP contribution in [-0.4, -0.2) is 34.4 Å². The average Bonchev–Trinajstić information content (AvgIpc) is 3.22. The summed E-state index contributed by atoms with van der Waals surface area (Å²) in [4.78, 5) is 22.1. The number of ether oxygens (including phenoxy) is 2. The van der Waals surface area contributed by atoms with Crippen molar-refractivity contribution in [3.8, 4) is 5.75 Å². The fourth-order valence-electron chi connectivity index (χ4n) is 3.30. The highest BCUT2D eigenvalue weighted by atomic mass is 79.9. The Kier molecular flexibility index (Phi) is 5.99. The topological polar surface area (TPSA) is 66.2 Å². The number of halogens is 1. The van der Waals surface area contributed by atoms with E-state index in [0.717, 1.165) is 35.2 Å². The summed E-state index contributed by atoms with van der Waals surface area (Å²) in [5.41, 5.74) is 1.43. The minimum atomic E-state index is -0.0719. The third kappa shape index (κ3) is 4.09. The van der Waals surface area contributed by atoms with Crippen molar-refractivity contribution in [3.63, 3.8) is 0 Å². The molecule has 6 nitrogen and oxygen atoms in total. The van der Waals surface area contributed by atoms with Crippen LogP contribution in [0.5, 0.6) is 5.75 Å². The van der Waals surface area contributed by atoms with Gasteiger partial charge in [0.25, 0.3) is 5.56 Å². The van der Waals surface area contributed by atoms with Crippen LogP contribution in [0.4, 0.5) is 0 Å². The number of thioether (sulfide) groups is 1. The van der Waals surface area contributed by atoms with Crippen LogP contribution >= 0.6 is 27.7 Å². The molecular formula is C20H20BrN3O3S. The molecule has 0 radical (unpaired) electrons. The number of nitrogens with zero attached hydrogens (tertiary/aromatic N) is 3. The smallest absolute Gasteiger partial charge is 0.263 e. The highest BCUT2D eigenvalue weighted by Crippen LogP contribution is 2.30. The maximum atomic E-state index is 13.1. The molecule has 2 aromatic heterocycles. The van der Waals surface area contributed by atoms with Crippen LogP contribution in [0, 0.1) is 0 Å². The monoisotopic (exact) mass is 461 g/mol. The molecule has 0 bridgehead atoms. The molecule has 146 valence electrons. The number of rotatable bonds is 6. The first-order valence-corrected chi connectivity index (χ1v) is 10.9. The van der Waals surface area contributed by atoms with E-state index in [0.29, 0.717) is 28.5 Å². The predicted molar refractivity (Wildman–Crippen MR) is 113 cm³/mol. The van der Waals surface area contributed by atoms with Gasteiger partial charge in [0, 0.05) is 28.6 Å². The second kappa shape index (κ2) is 8.63. The molecule has 1 atom stereocenters. The lowest BCUT2D eigenvalue weighted by atomic mass is 10.2. The van der Waals surface area contributed by atoms with Crippen LogP contribution in [0.25, 0.3) is 11.0 Å². The van der Waals surface area contributed by atoms with E-state index in [1.807, 2.05) is 18.2 Å². The van der Waals surface area contributed by atoms with Crippen molar-refractivity contribution in [1.82, 2.24) is 14.5 Å². The van der Waals surface area contributed by atoms with Crippen LogP contribution < -0.4 is 10.3 Å². The van der Waals surface area contributed by atoms with Crippen molar-refractivity contribution >= 4 is 38.7 Å². The molecule has 0 N–H and O–H groups in total. The van der Waals surface area contributed by atoms with Crippen LogP contribution in [0.3, 0.4) is 0 Å². The standard InChI is InChI=1S/C20H20BrN3O3S/c1-26-17-7-6-14(21)10-13(17)12-28-20-23-18-16(5-2-8-22-18)19(25)24(20)11-15-4-3-9-27-15/h2,5-8,10,15H,3-4,9,11-12H2,1H3. The van der Waals surface area contributed by atoms with Crippen molar-refractivity contribution in [2.24, 2.45) is 0 Å². The Labute approximate surface area is 175 Å². The molecule has 1 saturated heterocycles. The Morgan fingerprint density at radius 3 is 3.07 bits per heavy atom. The predicted octanol–water partition coefficient (Wildman–Crippen LogP) is 4.03. The zero-order valence-electron chi connectivity index (χ0n) is 15.4. The van der Waals surface area contributed by atoms with Crippen molar-refractivity contribution in [2.75, 3.05) is 13.7 Å². The normalized spacial score (nSPS) is 16.6. The summed E-state index contributed by atoms with van der Waals surface area (Å²) in [5, 5.41) is 1.18. The summed E-state index contributed by atoms with van der Waals surface area (Å²) in [7, 11) is 1.66. The molecule has 1 aliphatic rings. The van der Waals surface area contributed by atoms with Gasteiger partial charge in [-0.05, 0) is 43.2 Å². The van der Waals surface area contributed by atoms with Gasteiger partial charge in [0.2, 0.25) is 0 Å². The number of hydrogen-bond acceptors (Lipinski definition) is 6. The summed E-state index contributed by atoms with van der Waals surface area (Å²) in [5.74, 6) is 1.43. The molecule has 8 heteroatoms. The molecule has 1 fully saturated rings. The van der Waals surface area contributed by atoms with Crippen LogP contribution in [0.15, 0.2) is 51.0 Å². The van der Waals surface area contributed by atoms with E-state index in [4.69, 9.17) is 9.47 Å². The van der Waals surface area contributed by atoms with E-state index in [-0.39, 0.29) is 11.7 Å². The molecule has 28 heavy (non-hydrogen) atoms. The lowest BCUT2D eigenvalue weighted by molar-refractivity contribution is 0.0937. The van der Waals surface area contributed by atoms with Gasteiger partial charge in [0.05, 0.1) is 25.1 Å². The summed E-state index contributed by atoms with van der Waals surface area (Å²) in [6.07, 6.45) is 3.69. The van der Waals surface area contributed by atoms with Gasteiger partial charge < -0.3 is 9.47 Å². The Morgan fingerprint density at radius 1 is 1.39 bits per heavy atom. The van der Waals surface area contributed by atoms with E-state index in [1.165, 1.54) is 11.8 Å². The molecule has 0 saturated carbocycles. The van der Waals surface area contributed by atoms with E-state index in [9.17, 15) is 4.79 Å². The molecule has 0 amide bonds. The first kappa shape index (κ1) is 19.4. The average molecular weight is 462 g/mol. The number of aromatic nitrogens is 3. The summed E-state index contributed by atoms with van der Waals surface area (Å²) >= 11 is 5.01. The molecule has 1 aromatic carbocycles. The maximum Gasteiger partial charge on any atom is 0.263 e. The highest BCUT2D eigenvalue weighted by Gasteiger charge is 2.20. The fraction of sp³-hybridized carbons (Fsp3) is 0.350. The molecule has 1 unspecified atom stereocenters. The number of benzene rings is 1.